The summed E-state index contributed by atoms with van der Waals surface area (Å²) in [5, 5.41) is 7.80. The average molecular weight is 257 g/mol. The van der Waals surface area contributed by atoms with Gasteiger partial charge in [0, 0.05) is 19.0 Å². The molecular weight excluding hydrogens is 242 g/mol. The van der Waals surface area contributed by atoms with Crippen LogP contribution >= 0.6 is 0 Å². The monoisotopic (exact) mass is 257 g/mol. The Balaban J connectivity index is 1.75. The van der Waals surface area contributed by atoms with E-state index in [4.69, 9.17) is 4.74 Å². The Labute approximate surface area is 111 Å². The van der Waals surface area contributed by atoms with Crippen LogP contribution in [0.4, 0.5) is 0 Å². The molecule has 0 saturated carbocycles. The summed E-state index contributed by atoms with van der Waals surface area (Å²) < 4.78 is 7.29. The normalized spacial score (nSPS) is 14.3. The molecule has 0 atom stereocenters. The molecule has 0 amide bonds. The highest BCUT2D eigenvalue weighted by Crippen LogP contribution is 2.25. The summed E-state index contributed by atoms with van der Waals surface area (Å²) in [6.07, 6.45) is 4.38. The van der Waals surface area contributed by atoms with E-state index in [-0.39, 0.29) is 5.78 Å². The Morgan fingerprint density at radius 3 is 3.05 bits per heavy atom. The number of ketones is 1. The minimum atomic E-state index is 0.214. The van der Waals surface area contributed by atoms with Gasteiger partial charge in [-0.1, -0.05) is 11.3 Å². The van der Waals surface area contributed by atoms with E-state index < -0.39 is 0 Å². The molecule has 1 aromatic heterocycles. The van der Waals surface area contributed by atoms with Gasteiger partial charge in [-0.2, -0.15) is 0 Å². The summed E-state index contributed by atoms with van der Waals surface area (Å²) >= 11 is 0. The topological polar surface area (TPSA) is 57.0 Å². The molecule has 0 fully saturated rings. The van der Waals surface area contributed by atoms with Crippen LogP contribution in [0.1, 0.15) is 34.5 Å². The molecule has 5 nitrogen and oxygen atoms in total. The van der Waals surface area contributed by atoms with Crippen molar-refractivity contribution in [2.45, 2.75) is 25.9 Å². The highest BCUT2D eigenvalue weighted by molar-refractivity contribution is 5.98. The Kier molecular flexibility index (Phi) is 3.03. The lowest BCUT2D eigenvalue weighted by Crippen LogP contribution is -2.10. The standard InChI is InChI=1S/C14H15N3O2/c1-17-8-11(15-16-17)9-19-12-6-5-10-3-2-4-14(18)13(10)7-12/h5-8H,2-4,9H2,1H3. The Morgan fingerprint density at radius 1 is 1.37 bits per heavy atom. The van der Waals surface area contributed by atoms with E-state index >= 15 is 0 Å². The number of hydrogen-bond donors (Lipinski definition) is 0. The first-order chi connectivity index (χ1) is 9.22. The zero-order valence-electron chi connectivity index (χ0n) is 10.8. The number of nitrogens with zero attached hydrogens (tertiary/aromatic N) is 3. The van der Waals surface area contributed by atoms with E-state index in [2.05, 4.69) is 10.3 Å². The van der Waals surface area contributed by atoms with Crippen molar-refractivity contribution in [3.63, 3.8) is 0 Å². The molecule has 0 unspecified atom stereocenters. The Morgan fingerprint density at radius 2 is 2.26 bits per heavy atom. The number of aryl methyl sites for hydroxylation is 2. The maximum Gasteiger partial charge on any atom is 0.163 e. The molecule has 1 aliphatic rings. The van der Waals surface area contributed by atoms with Crippen molar-refractivity contribution >= 4 is 5.78 Å². The minimum absolute atomic E-state index is 0.214. The maximum atomic E-state index is 11.8. The van der Waals surface area contributed by atoms with Crippen LogP contribution in [0.2, 0.25) is 0 Å². The predicted molar refractivity (Wildman–Crippen MR) is 69.0 cm³/mol. The SMILES string of the molecule is Cn1cc(COc2ccc3c(c2)C(=O)CCC3)nn1. The lowest BCUT2D eigenvalue weighted by Gasteiger charge is -2.15. The third kappa shape index (κ3) is 2.50. The fourth-order valence-electron chi connectivity index (χ4n) is 2.32. The number of benzene rings is 1. The summed E-state index contributed by atoms with van der Waals surface area (Å²) in [5.74, 6) is 0.922. The van der Waals surface area contributed by atoms with Gasteiger partial charge >= 0.3 is 0 Å². The second-order valence-corrected chi connectivity index (χ2v) is 4.77. The van der Waals surface area contributed by atoms with E-state index in [0.29, 0.717) is 18.8 Å². The van der Waals surface area contributed by atoms with Gasteiger partial charge in [-0.3, -0.25) is 9.48 Å². The van der Waals surface area contributed by atoms with Crippen LogP contribution in [-0.4, -0.2) is 20.8 Å². The van der Waals surface area contributed by atoms with Gasteiger partial charge < -0.3 is 4.74 Å². The number of carbonyl (C=O) groups excluding carboxylic acids is 1. The largest absolute Gasteiger partial charge is 0.487 e. The molecule has 1 aromatic carbocycles. The number of rotatable bonds is 3. The molecule has 19 heavy (non-hydrogen) atoms. The fraction of sp³-hybridized carbons (Fsp3) is 0.357. The molecular formula is C14H15N3O2. The second-order valence-electron chi connectivity index (χ2n) is 4.77. The molecule has 1 aliphatic carbocycles. The van der Waals surface area contributed by atoms with Crippen LogP contribution < -0.4 is 4.74 Å². The molecule has 0 radical (unpaired) electrons. The highest BCUT2D eigenvalue weighted by atomic mass is 16.5. The molecule has 0 bridgehead atoms. The number of Topliss-reactive ketones (excluding diaryl/α,β-unsaturated/α-hetero) is 1. The quantitative estimate of drug-likeness (QED) is 0.842. The fourth-order valence-corrected chi connectivity index (χ4v) is 2.32. The van der Waals surface area contributed by atoms with Gasteiger partial charge in [-0.25, -0.2) is 0 Å². The van der Waals surface area contributed by atoms with Crippen molar-refractivity contribution in [1.29, 1.82) is 0 Å². The van der Waals surface area contributed by atoms with Gasteiger partial charge in [0.1, 0.15) is 18.1 Å². The van der Waals surface area contributed by atoms with Gasteiger partial charge in [0.25, 0.3) is 0 Å². The van der Waals surface area contributed by atoms with Gasteiger partial charge in [0.2, 0.25) is 0 Å². The van der Waals surface area contributed by atoms with E-state index in [0.717, 1.165) is 29.7 Å². The first kappa shape index (κ1) is 11.9. The molecule has 0 saturated heterocycles. The third-order valence-electron chi connectivity index (χ3n) is 3.27. The molecule has 2 aromatic rings. The van der Waals surface area contributed by atoms with Crippen molar-refractivity contribution in [3.8, 4) is 5.75 Å². The first-order valence-corrected chi connectivity index (χ1v) is 6.36. The molecule has 1 heterocycles. The van der Waals surface area contributed by atoms with Gasteiger partial charge in [-0.05, 0) is 30.5 Å². The van der Waals surface area contributed by atoms with Crippen molar-refractivity contribution in [3.05, 3.63) is 41.2 Å². The third-order valence-corrected chi connectivity index (χ3v) is 3.27. The molecule has 5 heteroatoms. The smallest absolute Gasteiger partial charge is 0.163 e. The molecule has 98 valence electrons. The van der Waals surface area contributed by atoms with Crippen LogP contribution in [0, 0.1) is 0 Å². The molecule has 0 aliphatic heterocycles. The number of ether oxygens (including phenoxy) is 1. The average Bonchev–Trinajstić information content (AvgIpc) is 2.83. The zero-order chi connectivity index (χ0) is 13.2. The summed E-state index contributed by atoms with van der Waals surface area (Å²) in [4.78, 5) is 11.8. The Bertz CT molecular complexity index is 619. The van der Waals surface area contributed by atoms with Gasteiger partial charge in [-0.15, -0.1) is 5.10 Å². The first-order valence-electron chi connectivity index (χ1n) is 6.36. The summed E-state index contributed by atoms with van der Waals surface area (Å²) in [7, 11) is 1.81. The summed E-state index contributed by atoms with van der Waals surface area (Å²) in [6, 6.07) is 5.74. The second kappa shape index (κ2) is 4.84. The molecule has 0 spiro atoms. The number of fused-ring (bicyclic) bond motifs is 1. The van der Waals surface area contributed by atoms with Crippen molar-refractivity contribution in [2.75, 3.05) is 0 Å². The van der Waals surface area contributed by atoms with Crippen molar-refractivity contribution in [1.82, 2.24) is 15.0 Å². The zero-order valence-corrected chi connectivity index (χ0v) is 10.8. The highest BCUT2D eigenvalue weighted by Gasteiger charge is 2.17. The molecule has 0 N–H and O–H groups in total. The van der Waals surface area contributed by atoms with E-state index in [1.807, 2.05) is 31.4 Å². The summed E-state index contributed by atoms with van der Waals surface area (Å²) in [6.45, 7) is 0.362. The van der Waals surface area contributed by atoms with Crippen molar-refractivity contribution < 1.29 is 9.53 Å². The maximum absolute atomic E-state index is 11.8. The van der Waals surface area contributed by atoms with Crippen LogP contribution in [0.5, 0.6) is 5.75 Å². The number of carbonyl (C=O) groups is 1. The lowest BCUT2D eigenvalue weighted by molar-refractivity contribution is 0.0972. The van der Waals surface area contributed by atoms with E-state index in [1.165, 1.54) is 0 Å². The van der Waals surface area contributed by atoms with Crippen LogP contribution in [-0.2, 0) is 20.1 Å². The minimum Gasteiger partial charge on any atom is -0.487 e. The van der Waals surface area contributed by atoms with E-state index in [1.54, 1.807) is 4.68 Å². The van der Waals surface area contributed by atoms with Gasteiger partial charge in [0.15, 0.2) is 5.78 Å². The lowest BCUT2D eigenvalue weighted by atomic mass is 9.90. The Hall–Kier alpha value is -2.17. The predicted octanol–water partition coefficient (Wildman–Crippen LogP) is 1.91. The van der Waals surface area contributed by atoms with Crippen LogP contribution in [0.15, 0.2) is 24.4 Å². The van der Waals surface area contributed by atoms with Crippen LogP contribution in [0.3, 0.4) is 0 Å². The van der Waals surface area contributed by atoms with Crippen molar-refractivity contribution in [2.24, 2.45) is 7.05 Å². The van der Waals surface area contributed by atoms with E-state index in [9.17, 15) is 4.79 Å². The number of aromatic nitrogens is 3. The van der Waals surface area contributed by atoms with Crippen LogP contribution in [0.25, 0.3) is 0 Å². The summed E-state index contributed by atoms with van der Waals surface area (Å²) in [5.41, 5.74) is 2.71. The number of hydrogen-bond acceptors (Lipinski definition) is 4. The molecule has 3 rings (SSSR count). The van der Waals surface area contributed by atoms with Gasteiger partial charge in [0.05, 0.1) is 6.20 Å².